The number of carbonyl (C=O) groups is 1. The third-order valence-corrected chi connectivity index (χ3v) is 4.18. The molecule has 5 nitrogen and oxygen atoms in total. The van der Waals surface area contributed by atoms with Crippen LogP contribution in [-0.4, -0.2) is 35.5 Å². The second kappa shape index (κ2) is 9.95. The van der Waals surface area contributed by atoms with Crippen molar-refractivity contribution in [3.8, 4) is 0 Å². The number of aliphatic hydroxyl groups excluding tert-OH is 1. The first-order chi connectivity index (χ1) is 14.0. The van der Waals surface area contributed by atoms with Gasteiger partial charge in [0.1, 0.15) is 17.5 Å². The molecule has 0 radical (unpaired) electrons. The van der Waals surface area contributed by atoms with Crippen LogP contribution in [0.4, 0.5) is 18.0 Å². The summed E-state index contributed by atoms with van der Waals surface area (Å²) in [7, 11) is 0. The Morgan fingerprint density at radius 2 is 1.77 bits per heavy atom. The Kier molecular flexibility index (Phi) is 7.86. The molecule has 2 rings (SSSR count). The van der Waals surface area contributed by atoms with Crippen molar-refractivity contribution in [2.24, 2.45) is 0 Å². The quantitative estimate of drug-likeness (QED) is 0.600. The standard InChI is InChI=1S/C22H27F3N2O3/c1-21(2,3)30-20(29)27-19(22(24,25)16-9-5-4-6-10-16)18(28)14-26-13-15-8-7-11-17(23)12-15/h4-12,18-19,26,28H,13-14H2,1-3H3,(H,27,29). The number of carbonyl (C=O) groups excluding carboxylic acids is 1. The molecule has 1 amide bonds. The normalized spacial score (nSPS) is 14.1. The van der Waals surface area contributed by atoms with Crippen molar-refractivity contribution in [2.75, 3.05) is 6.54 Å². The lowest BCUT2D eigenvalue weighted by molar-refractivity contribution is -0.0848. The molecule has 0 bridgehead atoms. The van der Waals surface area contributed by atoms with E-state index in [0.29, 0.717) is 5.56 Å². The Hall–Kier alpha value is -2.58. The molecule has 0 aliphatic carbocycles. The Morgan fingerprint density at radius 1 is 1.10 bits per heavy atom. The van der Waals surface area contributed by atoms with Gasteiger partial charge in [0.15, 0.2) is 0 Å². The Labute approximate surface area is 174 Å². The molecule has 0 saturated heterocycles. The molecule has 0 heterocycles. The third kappa shape index (κ3) is 7.03. The average Bonchev–Trinajstić information content (AvgIpc) is 2.65. The van der Waals surface area contributed by atoms with Gasteiger partial charge in [-0.15, -0.1) is 0 Å². The van der Waals surface area contributed by atoms with Crippen molar-refractivity contribution in [2.45, 2.75) is 51.0 Å². The van der Waals surface area contributed by atoms with Crippen molar-refractivity contribution in [1.82, 2.24) is 10.6 Å². The number of nitrogens with one attached hydrogen (secondary N) is 2. The van der Waals surface area contributed by atoms with Gasteiger partial charge in [-0.05, 0) is 38.5 Å². The lowest BCUT2D eigenvalue weighted by Gasteiger charge is -2.32. The number of aliphatic hydroxyl groups is 1. The number of hydrogen-bond acceptors (Lipinski definition) is 4. The number of alkyl carbamates (subject to hydrolysis) is 1. The van der Waals surface area contributed by atoms with Crippen LogP contribution in [0.25, 0.3) is 0 Å². The molecule has 3 N–H and O–H groups in total. The van der Waals surface area contributed by atoms with E-state index in [4.69, 9.17) is 4.74 Å². The van der Waals surface area contributed by atoms with Gasteiger partial charge in [0, 0.05) is 18.7 Å². The molecular formula is C22H27F3N2O3. The number of halogens is 3. The van der Waals surface area contributed by atoms with Gasteiger partial charge in [-0.25, -0.2) is 9.18 Å². The zero-order valence-electron chi connectivity index (χ0n) is 17.2. The molecule has 2 unspecified atom stereocenters. The lowest BCUT2D eigenvalue weighted by atomic mass is 9.96. The Balaban J connectivity index is 2.13. The fourth-order valence-corrected chi connectivity index (χ4v) is 2.83. The van der Waals surface area contributed by atoms with Crippen LogP contribution in [0.5, 0.6) is 0 Å². The smallest absolute Gasteiger partial charge is 0.408 e. The molecule has 2 aromatic rings. The molecule has 0 aliphatic rings. The van der Waals surface area contributed by atoms with Crippen molar-refractivity contribution < 1.29 is 27.8 Å². The van der Waals surface area contributed by atoms with Crippen molar-refractivity contribution in [3.05, 3.63) is 71.5 Å². The number of ether oxygens (including phenoxy) is 1. The van der Waals surface area contributed by atoms with Crippen LogP contribution >= 0.6 is 0 Å². The van der Waals surface area contributed by atoms with Gasteiger partial charge in [0.05, 0.1) is 6.10 Å². The molecule has 0 aliphatic heterocycles. The fourth-order valence-electron chi connectivity index (χ4n) is 2.83. The molecule has 0 aromatic heterocycles. The Bertz CT molecular complexity index is 826. The lowest BCUT2D eigenvalue weighted by Crippen LogP contribution is -2.56. The summed E-state index contributed by atoms with van der Waals surface area (Å²) in [5, 5.41) is 15.4. The Morgan fingerprint density at radius 3 is 2.37 bits per heavy atom. The van der Waals surface area contributed by atoms with E-state index < -0.39 is 35.6 Å². The van der Waals surface area contributed by atoms with E-state index >= 15 is 8.78 Å². The van der Waals surface area contributed by atoms with E-state index in [2.05, 4.69) is 10.6 Å². The second-order valence-corrected chi connectivity index (χ2v) is 7.94. The van der Waals surface area contributed by atoms with Crippen LogP contribution in [0.1, 0.15) is 31.9 Å². The van der Waals surface area contributed by atoms with Gasteiger partial charge in [-0.2, -0.15) is 8.78 Å². The van der Waals surface area contributed by atoms with Crippen LogP contribution in [-0.2, 0) is 17.2 Å². The van der Waals surface area contributed by atoms with Crippen molar-refractivity contribution in [3.63, 3.8) is 0 Å². The predicted octanol–water partition coefficient (Wildman–Crippen LogP) is 3.96. The predicted molar refractivity (Wildman–Crippen MR) is 108 cm³/mol. The summed E-state index contributed by atoms with van der Waals surface area (Å²) >= 11 is 0. The van der Waals surface area contributed by atoms with Gasteiger partial charge in [-0.3, -0.25) is 0 Å². The minimum atomic E-state index is -3.57. The molecule has 164 valence electrons. The average molecular weight is 424 g/mol. The molecule has 30 heavy (non-hydrogen) atoms. The first kappa shape index (κ1) is 23.7. The van der Waals surface area contributed by atoms with Gasteiger partial charge in [-0.1, -0.05) is 42.5 Å². The largest absolute Gasteiger partial charge is 0.444 e. The minimum absolute atomic E-state index is 0.158. The van der Waals surface area contributed by atoms with Crippen LogP contribution in [0.15, 0.2) is 54.6 Å². The first-order valence-corrected chi connectivity index (χ1v) is 9.55. The minimum Gasteiger partial charge on any atom is -0.444 e. The number of rotatable bonds is 8. The number of amides is 1. The maximum Gasteiger partial charge on any atom is 0.408 e. The van der Waals surface area contributed by atoms with Crippen molar-refractivity contribution in [1.29, 1.82) is 0 Å². The molecule has 2 atom stereocenters. The summed E-state index contributed by atoms with van der Waals surface area (Å²) in [6.07, 6.45) is -2.71. The van der Waals surface area contributed by atoms with Crippen LogP contribution in [0.3, 0.4) is 0 Å². The van der Waals surface area contributed by atoms with Gasteiger partial charge >= 0.3 is 6.09 Å². The molecular weight excluding hydrogens is 397 g/mol. The second-order valence-electron chi connectivity index (χ2n) is 7.94. The highest BCUT2D eigenvalue weighted by molar-refractivity contribution is 5.68. The van der Waals surface area contributed by atoms with Gasteiger partial charge in [0.2, 0.25) is 0 Å². The third-order valence-electron chi connectivity index (χ3n) is 4.18. The topological polar surface area (TPSA) is 70.6 Å². The van der Waals surface area contributed by atoms with E-state index in [9.17, 15) is 14.3 Å². The zero-order chi connectivity index (χ0) is 22.4. The van der Waals surface area contributed by atoms with E-state index in [-0.39, 0.29) is 18.7 Å². The molecule has 0 spiro atoms. The summed E-state index contributed by atoms with van der Waals surface area (Å²) < 4.78 is 48.7. The molecule has 2 aromatic carbocycles. The van der Waals surface area contributed by atoms with Crippen LogP contribution in [0.2, 0.25) is 0 Å². The zero-order valence-corrected chi connectivity index (χ0v) is 17.2. The summed E-state index contributed by atoms with van der Waals surface area (Å²) in [5.41, 5.74) is -0.652. The fraction of sp³-hybridized carbons (Fsp3) is 0.409. The first-order valence-electron chi connectivity index (χ1n) is 9.55. The maximum absolute atomic E-state index is 15.2. The summed E-state index contributed by atoms with van der Waals surface area (Å²) in [6.45, 7) is 4.71. The molecule has 8 heteroatoms. The highest BCUT2D eigenvalue weighted by atomic mass is 19.3. The highest BCUT2D eigenvalue weighted by Gasteiger charge is 2.46. The van der Waals surface area contributed by atoms with Crippen molar-refractivity contribution >= 4 is 6.09 Å². The summed E-state index contributed by atoms with van der Waals surface area (Å²) in [5.74, 6) is -3.99. The maximum atomic E-state index is 15.2. The summed E-state index contributed by atoms with van der Waals surface area (Å²) in [4.78, 5) is 12.1. The number of alkyl halides is 2. The molecule has 0 fully saturated rings. The van der Waals surface area contributed by atoms with Gasteiger partial charge in [0.25, 0.3) is 5.92 Å². The number of hydrogen-bond donors (Lipinski definition) is 3. The highest BCUT2D eigenvalue weighted by Crippen LogP contribution is 2.33. The van der Waals surface area contributed by atoms with Crippen LogP contribution in [0, 0.1) is 5.82 Å². The van der Waals surface area contributed by atoms with E-state index in [1.807, 2.05) is 0 Å². The number of benzene rings is 2. The van der Waals surface area contributed by atoms with Gasteiger partial charge < -0.3 is 20.5 Å². The van der Waals surface area contributed by atoms with Crippen LogP contribution < -0.4 is 10.6 Å². The van der Waals surface area contributed by atoms with E-state index in [1.54, 1.807) is 32.9 Å². The van der Waals surface area contributed by atoms with E-state index in [1.165, 1.54) is 42.5 Å². The van der Waals surface area contributed by atoms with E-state index in [0.717, 1.165) is 0 Å². The summed E-state index contributed by atoms with van der Waals surface area (Å²) in [6, 6.07) is 10.8. The monoisotopic (exact) mass is 424 g/mol. The SMILES string of the molecule is CC(C)(C)OC(=O)NC(C(O)CNCc1cccc(F)c1)C(F)(F)c1ccccc1. The molecule has 0 saturated carbocycles.